The molecule has 0 saturated heterocycles. The molecule has 0 aliphatic heterocycles. The summed E-state index contributed by atoms with van der Waals surface area (Å²) in [5, 5.41) is 2.31. The second kappa shape index (κ2) is 7.53. The fourth-order valence-corrected chi connectivity index (χ4v) is 3.27. The van der Waals surface area contributed by atoms with E-state index in [4.69, 9.17) is 14.2 Å². The van der Waals surface area contributed by atoms with Crippen LogP contribution in [0.3, 0.4) is 0 Å². The molecule has 0 radical (unpaired) electrons. The van der Waals surface area contributed by atoms with Crippen molar-refractivity contribution in [3.8, 4) is 27.8 Å². The molecule has 0 spiro atoms. The number of ether oxygens (including phenoxy) is 3. The molecule has 2 aromatic carbocycles. The van der Waals surface area contributed by atoms with Gasteiger partial charge < -0.3 is 14.2 Å². The molecule has 7 heteroatoms. The van der Waals surface area contributed by atoms with E-state index in [9.17, 15) is 9.18 Å². The highest BCUT2D eigenvalue weighted by atomic mass is 32.1. The first-order valence-corrected chi connectivity index (χ1v) is 8.51. The Morgan fingerprint density at radius 3 is 2.15 bits per heavy atom. The van der Waals surface area contributed by atoms with E-state index in [0.29, 0.717) is 33.5 Å². The molecular formula is C19H16FNO4S. The molecule has 3 rings (SSSR count). The monoisotopic (exact) mass is 373 g/mol. The van der Waals surface area contributed by atoms with Crippen LogP contribution in [0.5, 0.6) is 17.2 Å². The summed E-state index contributed by atoms with van der Waals surface area (Å²) in [4.78, 5) is 17.2. The summed E-state index contributed by atoms with van der Waals surface area (Å²) in [5.74, 6) is 0.609. The van der Waals surface area contributed by atoms with Gasteiger partial charge in [0.1, 0.15) is 16.5 Å². The number of benzene rings is 2. The van der Waals surface area contributed by atoms with Crippen molar-refractivity contribution in [2.75, 3.05) is 21.3 Å². The number of nitrogens with zero attached hydrogens (tertiary/aromatic N) is 1. The van der Waals surface area contributed by atoms with Gasteiger partial charge in [-0.1, -0.05) is 0 Å². The molecule has 3 aromatic rings. The van der Waals surface area contributed by atoms with Gasteiger partial charge in [-0.3, -0.25) is 4.79 Å². The van der Waals surface area contributed by atoms with Crippen molar-refractivity contribution in [1.29, 1.82) is 0 Å². The van der Waals surface area contributed by atoms with Crippen molar-refractivity contribution in [2.24, 2.45) is 0 Å². The molecule has 1 heterocycles. The zero-order chi connectivity index (χ0) is 18.7. The van der Waals surface area contributed by atoms with E-state index in [-0.39, 0.29) is 11.6 Å². The molecule has 1 aromatic heterocycles. The van der Waals surface area contributed by atoms with E-state index >= 15 is 0 Å². The van der Waals surface area contributed by atoms with Crippen LogP contribution in [-0.2, 0) is 0 Å². The zero-order valence-corrected chi connectivity index (χ0v) is 15.2. The highest BCUT2D eigenvalue weighted by Gasteiger charge is 2.20. The Labute approximate surface area is 154 Å². The van der Waals surface area contributed by atoms with Crippen LogP contribution in [0.2, 0.25) is 0 Å². The third-order valence-corrected chi connectivity index (χ3v) is 4.65. The third kappa shape index (κ3) is 3.39. The predicted molar refractivity (Wildman–Crippen MR) is 97.0 cm³/mol. The minimum Gasteiger partial charge on any atom is -0.493 e. The molecule has 5 nitrogen and oxygen atoms in total. The maximum atomic E-state index is 13.1. The third-order valence-electron chi connectivity index (χ3n) is 3.75. The van der Waals surface area contributed by atoms with Crippen LogP contribution >= 0.6 is 11.3 Å². The minimum atomic E-state index is -0.320. The first-order valence-electron chi connectivity index (χ1n) is 7.63. The quantitative estimate of drug-likeness (QED) is 0.606. The van der Waals surface area contributed by atoms with Crippen LogP contribution in [0, 0.1) is 5.82 Å². The van der Waals surface area contributed by atoms with Gasteiger partial charge in [-0.05, 0) is 36.4 Å². The molecular weight excluding hydrogens is 357 g/mol. The zero-order valence-electron chi connectivity index (χ0n) is 14.4. The van der Waals surface area contributed by atoms with Gasteiger partial charge >= 0.3 is 0 Å². The van der Waals surface area contributed by atoms with Gasteiger partial charge in [-0.2, -0.15) is 0 Å². The van der Waals surface area contributed by atoms with Gasteiger partial charge in [0.2, 0.25) is 11.5 Å². The number of rotatable bonds is 6. The number of thiazole rings is 1. The molecule has 26 heavy (non-hydrogen) atoms. The van der Waals surface area contributed by atoms with Gasteiger partial charge in [0.15, 0.2) is 11.5 Å². The first kappa shape index (κ1) is 17.9. The van der Waals surface area contributed by atoms with Gasteiger partial charge in [0, 0.05) is 16.5 Å². The van der Waals surface area contributed by atoms with E-state index in [1.165, 1.54) is 44.8 Å². The molecule has 0 aliphatic rings. The van der Waals surface area contributed by atoms with Crippen molar-refractivity contribution >= 4 is 17.1 Å². The Kier molecular flexibility index (Phi) is 5.18. The summed E-state index contributed by atoms with van der Waals surface area (Å²) in [7, 11) is 4.47. The van der Waals surface area contributed by atoms with Gasteiger partial charge in [-0.25, -0.2) is 9.37 Å². The summed E-state index contributed by atoms with van der Waals surface area (Å²) in [6, 6.07) is 9.14. The normalized spacial score (nSPS) is 10.5. The molecule has 0 fully saturated rings. The van der Waals surface area contributed by atoms with E-state index in [1.54, 1.807) is 29.6 Å². The number of halogens is 1. The Bertz CT molecular complexity index is 912. The molecule has 0 aliphatic carbocycles. The number of hydrogen-bond donors (Lipinski definition) is 0. The van der Waals surface area contributed by atoms with Crippen LogP contribution < -0.4 is 14.2 Å². The predicted octanol–water partition coefficient (Wildman–Crippen LogP) is 4.21. The lowest BCUT2D eigenvalue weighted by Gasteiger charge is -2.13. The Hall–Kier alpha value is -2.93. The Morgan fingerprint density at radius 2 is 1.62 bits per heavy atom. The SMILES string of the molecule is COc1cc(C(=O)c2csc(-c3ccc(F)cc3)n2)cc(OC)c1OC. The Morgan fingerprint density at radius 1 is 1.00 bits per heavy atom. The summed E-state index contributed by atoms with van der Waals surface area (Å²) >= 11 is 1.32. The largest absolute Gasteiger partial charge is 0.493 e. The molecule has 0 unspecified atom stereocenters. The van der Waals surface area contributed by atoms with Crippen LogP contribution in [0.25, 0.3) is 10.6 Å². The topological polar surface area (TPSA) is 57.7 Å². The van der Waals surface area contributed by atoms with Gasteiger partial charge in [0.25, 0.3) is 0 Å². The fourth-order valence-electron chi connectivity index (χ4n) is 2.46. The second-order valence-electron chi connectivity index (χ2n) is 5.29. The van der Waals surface area contributed by atoms with Crippen LogP contribution in [0.1, 0.15) is 16.1 Å². The highest BCUT2D eigenvalue weighted by molar-refractivity contribution is 7.13. The molecule has 0 N–H and O–H groups in total. The van der Waals surface area contributed by atoms with Crippen molar-refractivity contribution in [1.82, 2.24) is 4.98 Å². The lowest BCUT2D eigenvalue weighted by Crippen LogP contribution is -2.04. The number of aromatic nitrogens is 1. The molecule has 134 valence electrons. The van der Waals surface area contributed by atoms with Crippen LogP contribution in [-0.4, -0.2) is 32.1 Å². The lowest BCUT2D eigenvalue weighted by molar-refractivity contribution is 0.103. The van der Waals surface area contributed by atoms with E-state index in [1.807, 2.05) is 0 Å². The molecule has 0 atom stereocenters. The first-order chi connectivity index (χ1) is 12.6. The fraction of sp³-hybridized carbons (Fsp3) is 0.158. The van der Waals surface area contributed by atoms with Crippen molar-refractivity contribution in [2.45, 2.75) is 0 Å². The standard InChI is InChI=1S/C19H16FNO4S/c1-23-15-8-12(9-16(24-2)18(15)25-3)17(22)14-10-26-19(21-14)11-4-6-13(20)7-5-11/h4-10H,1-3H3. The maximum absolute atomic E-state index is 13.1. The average molecular weight is 373 g/mol. The van der Waals surface area contributed by atoms with E-state index in [2.05, 4.69) is 4.98 Å². The average Bonchev–Trinajstić information content (AvgIpc) is 3.16. The second-order valence-corrected chi connectivity index (χ2v) is 6.15. The van der Waals surface area contributed by atoms with Crippen LogP contribution in [0.15, 0.2) is 41.8 Å². The molecule has 0 amide bonds. The summed E-state index contributed by atoms with van der Waals surface area (Å²) in [6.45, 7) is 0. The summed E-state index contributed by atoms with van der Waals surface area (Å²) in [6.07, 6.45) is 0. The smallest absolute Gasteiger partial charge is 0.212 e. The number of hydrogen-bond acceptors (Lipinski definition) is 6. The van der Waals surface area contributed by atoms with E-state index < -0.39 is 0 Å². The highest BCUT2D eigenvalue weighted by Crippen LogP contribution is 2.38. The number of methoxy groups -OCH3 is 3. The maximum Gasteiger partial charge on any atom is 0.212 e. The molecule has 0 bridgehead atoms. The van der Waals surface area contributed by atoms with Crippen molar-refractivity contribution in [3.05, 3.63) is 58.9 Å². The number of ketones is 1. The summed E-state index contributed by atoms with van der Waals surface area (Å²) in [5.41, 5.74) is 1.42. The lowest BCUT2D eigenvalue weighted by atomic mass is 10.1. The number of carbonyl (C=O) groups is 1. The van der Waals surface area contributed by atoms with E-state index in [0.717, 1.165) is 5.56 Å². The number of carbonyl (C=O) groups excluding carboxylic acids is 1. The minimum absolute atomic E-state index is 0.270. The summed E-state index contributed by atoms with van der Waals surface area (Å²) < 4.78 is 28.9. The Balaban J connectivity index is 1.96. The van der Waals surface area contributed by atoms with Gasteiger partial charge in [0.05, 0.1) is 21.3 Å². The van der Waals surface area contributed by atoms with Crippen molar-refractivity contribution in [3.63, 3.8) is 0 Å². The van der Waals surface area contributed by atoms with Crippen molar-refractivity contribution < 1.29 is 23.4 Å². The van der Waals surface area contributed by atoms with Gasteiger partial charge in [-0.15, -0.1) is 11.3 Å². The molecule has 0 saturated carbocycles. The van der Waals surface area contributed by atoms with Crippen LogP contribution in [0.4, 0.5) is 4.39 Å².